The summed E-state index contributed by atoms with van der Waals surface area (Å²) in [7, 11) is 2.16. The third-order valence-corrected chi connectivity index (χ3v) is 10.3. The number of hydrogen-bond acceptors (Lipinski definition) is 5. The van der Waals surface area contributed by atoms with E-state index in [1.54, 1.807) is 0 Å². The van der Waals surface area contributed by atoms with Crippen molar-refractivity contribution >= 4 is 46.0 Å². The first-order valence-electron chi connectivity index (χ1n) is 17.1. The number of hydrogen-bond donors (Lipinski definition) is 0. The van der Waals surface area contributed by atoms with Crippen LogP contribution in [0.5, 0.6) is 11.5 Å². The zero-order valence-corrected chi connectivity index (χ0v) is 29.4. The Morgan fingerprint density at radius 2 is 1.46 bits per heavy atom. The Hall–Kier alpha value is -5.83. The Morgan fingerprint density at radius 1 is 0.720 bits per heavy atom. The van der Waals surface area contributed by atoms with E-state index in [-0.39, 0.29) is 12.4 Å². The topological polar surface area (TPSA) is 65.4 Å². The molecule has 246 valence electrons. The van der Waals surface area contributed by atoms with Crippen LogP contribution in [0.15, 0.2) is 104 Å². The van der Waals surface area contributed by atoms with Crippen molar-refractivity contribution in [2.45, 2.75) is 47.0 Å². The highest BCUT2D eigenvalue weighted by Crippen LogP contribution is 2.40. The lowest BCUT2D eigenvalue weighted by Crippen LogP contribution is -2.56. The molecule has 0 atom stereocenters. The standard InChI is InChI=1S/C41H38BN7O/c1-25-10-8-11-26(2)37(25)42-46(7)32-16-14-29(23-31(32)39-44-20-21-47(39)42)50-30-15-17-33-35(24-30)49(36-22-28(18-19-43-36)41(4,5)6)40-45-38-27(3)12-9-13-34(38)48(33)40/h8-24H,1-7H3. The zero-order chi connectivity index (χ0) is 34.5. The van der Waals surface area contributed by atoms with Crippen LogP contribution in [0, 0.1) is 20.8 Å². The summed E-state index contributed by atoms with van der Waals surface area (Å²) in [5.74, 6) is 4.04. The average Bonchev–Trinajstić information content (AvgIpc) is 3.80. The second-order valence-corrected chi connectivity index (χ2v) is 14.6. The molecule has 0 amide bonds. The molecule has 0 fully saturated rings. The molecule has 0 radical (unpaired) electrons. The van der Waals surface area contributed by atoms with Crippen LogP contribution in [-0.4, -0.2) is 42.4 Å². The molecule has 0 aliphatic carbocycles. The number of aryl methyl sites for hydroxylation is 3. The Bertz CT molecular complexity index is 2620. The molecule has 0 N–H and O–H groups in total. The first-order valence-corrected chi connectivity index (χ1v) is 17.1. The van der Waals surface area contributed by atoms with E-state index >= 15 is 0 Å². The monoisotopic (exact) mass is 655 g/mol. The number of benzene rings is 4. The van der Waals surface area contributed by atoms with Crippen molar-refractivity contribution in [2.75, 3.05) is 11.9 Å². The average molecular weight is 656 g/mol. The first kappa shape index (κ1) is 30.2. The van der Waals surface area contributed by atoms with Gasteiger partial charge < -0.3 is 14.0 Å². The van der Waals surface area contributed by atoms with Gasteiger partial charge in [0, 0.05) is 35.9 Å². The van der Waals surface area contributed by atoms with Gasteiger partial charge in [-0.25, -0.2) is 15.0 Å². The quantitative estimate of drug-likeness (QED) is 0.178. The number of para-hydroxylation sites is 1. The van der Waals surface area contributed by atoms with Gasteiger partial charge >= 0.3 is 6.98 Å². The number of nitrogens with zero attached hydrogens (tertiary/aromatic N) is 7. The number of imidazole rings is 3. The SMILES string of the molecule is Cc1cccc(C)c1B1N(C)c2ccc(Oc3ccc4c(c3)n(-c3cc(C(C)(C)C)ccn3)c3nc5c(C)cccc5n43)cc2-c2nccn21. The van der Waals surface area contributed by atoms with Crippen LogP contribution < -0.4 is 15.0 Å². The van der Waals surface area contributed by atoms with E-state index in [4.69, 9.17) is 19.7 Å². The van der Waals surface area contributed by atoms with Gasteiger partial charge in [-0.05, 0) is 98.4 Å². The number of aromatic nitrogens is 6. The smallest absolute Gasteiger partial charge is 0.417 e. The number of pyridine rings is 1. The van der Waals surface area contributed by atoms with Crippen LogP contribution in [0.4, 0.5) is 5.69 Å². The summed E-state index contributed by atoms with van der Waals surface area (Å²) >= 11 is 0. The van der Waals surface area contributed by atoms with E-state index in [9.17, 15) is 0 Å². The van der Waals surface area contributed by atoms with E-state index in [0.717, 1.165) is 67.8 Å². The van der Waals surface area contributed by atoms with E-state index in [2.05, 4.69) is 152 Å². The predicted molar refractivity (Wildman–Crippen MR) is 204 cm³/mol. The maximum Gasteiger partial charge on any atom is 0.417 e. The molecule has 50 heavy (non-hydrogen) atoms. The summed E-state index contributed by atoms with van der Waals surface area (Å²) in [6, 6.07) is 29.7. The first-order chi connectivity index (χ1) is 24.1. The molecule has 0 bridgehead atoms. The molecule has 9 heteroatoms. The number of fused-ring (bicyclic) bond motifs is 8. The Kier molecular flexibility index (Phi) is 6.56. The molecule has 8 nitrogen and oxygen atoms in total. The zero-order valence-electron chi connectivity index (χ0n) is 29.4. The van der Waals surface area contributed by atoms with Gasteiger partial charge in [-0.15, -0.1) is 0 Å². The van der Waals surface area contributed by atoms with Crippen LogP contribution in [0.3, 0.4) is 0 Å². The van der Waals surface area contributed by atoms with Gasteiger partial charge in [0.05, 0.1) is 22.1 Å². The fourth-order valence-electron chi connectivity index (χ4n) is 7.70. The molecule has 1 aliphatic rings. The lowest BCUT2D eigenvalue weighted by Gasteiger charge is -2.36. The minimum absolute atomic E-state index is 0.00680. The second-order valence-electron chi connectivity index (χ2n) is 14.6. The summed E-state index contributed by atoms with van der Waals surface area (Å²) in [5, 5.41) is 0. The Morgan fingerprint density at radius 3 is 2.26 bits per heavy atom. The summed E-state index contributed by atoms with van der Waals surface area (Å²) in [5.41, 5.74) is 12.4. The highest BCUT2D eigenvalue weighted by molar-refractivity contribution is 6.77. The van der Waals surface area contributed by atoms with Crippen molar-refractivity contribution in [1.82, 2.24) is 28.4 Å². The van der Waals surface area contributed by atoms with Gasteiger partial charge in [0.1, 0.15) is 23.1 Å². The number of anilines is 1. The molecule has 0 unspecified atom stereocenters. The minimum atomic E-state index is -0.0318. The van der Waals surface area contributed by atoms with Gasteiger partial charge in [0.15, 0.2) is 0 Å². The predicted octanol–water partition coefficient (Wildman–Crippen LogP) is 8.40. The van der Waals surface area contributed by atoms with Crippen molar-refractivity contribution in [1.29, 1.82) is 0 Å². The largest absolute Gasteiger partial charge is 0.457 e. The minimum Gasteiger partial charge on any atom is -0.457 e. The van der Waals surface area contributed by atoms with Crippen molar-refractivity contribution in [3.05, 3.63) is 126 Å². The molecule has 1 aliphatic heterocycles. The number of ether oxygens (including phenoxy) is 1. The maximum atomic E-state index is 6.66. The molecule has 9 rings (SSSR count). The maximum absolute atomic E-state index is 6.66. The lowest BCUT2D eigenvalue weighted by molar-refractivity contribution is 0.483. The fraction of sp³-hybridized carbons (Fsp3) is 0.195. The van der Waals surface area contributed by atoms with E-state index < -0.39 is 0 Å². The van der Waals surface area contributed by atoms with Gasteiger partial charge in [0.2, 0.25) is 5.78 Å². The van der Waals surface area contributed by atoms with E-state index in [1.165, 1.54) is 22.2 Å². The van der Waals surface area contributed by atoms with Crippen LogP contribution >= 0.6 is 0 Å². The third-order valence-electron chi connectivity index (χ3n) is 10.3. The Balaban J connectivity index is 1.16. The highest BCUT2D eigenvalue weighted by Gasteiger charge is 2.37. The van der Waals surface area contributed by atoms with Gasteiger partial charge in [-0.1, -0.05) is 62.2 Å². The van der Waals surface area contributed by atoms with Gasteiger partial charge in [-0.2, -0.15) is 0 Å². The van der Waals surface area contributed by atoms with Crippen molar-refractivity contribution < 1.29 is 4.74 Å². The molecular formula is C41H38BN7O. The van der Waals surface area contributed by atoms with E-state index in [1.807, 2.05) is 18.5 Å². The summed E-state index contributed by atoms with van der Waals surface area (Å²) in [6.45, 7) is 13.2. The van der Waals surface area contributed by atoms with Crippen LogP contribution in [0.2, 0.25) is 0 Å². The lowest BCUT2D eigenvalue weighted by atomic mass is 9.60. The second kappa shape index (κ2) is 10.8. The highest BCUT2D eigenvalue weighted by atomic mass is 16.5. The molecule has 0 saturated heterocycles. The van der Waals surface area contributed by atoms with Crippen molar-refractivity contribution in [3.8, 4) is 28.7 Å². The van der Waals surface area contributed by atoms with Crippen LogP contribution in [0.1, 0.15) is 43.0 Å². The van der Waals surface area contributed by atoms with Crippen LogP contribution in [-0.2, 0) is 5.41 Å². The number of rotatable bonds is 4. The van der Waals surface area contributed by atoms with Gasteiger partial charge in [-0.3, -0.25) is 8.97 Å². The summed E-state index contributed by atoms with van der Waals surface area (Å²) in [4.78, 5) is 17.2. The molecule has 0 spiro atoms. The van der Waals surface area contributed by atoms with Gasteiger partial charge in [0.25, 0.3) is 0 Å². The summed E-state index contributed by atoms with van der Waals surface area (Å²) in [6.07, 6.45) is 5.86. The normalized spacial score (nSPS) is 13.0. The third kappa shape index (κ3) is 4.49. The van der Waals surface area contributed by atoms with Crippen LogP contribution in [0.25, 0.3) is 45.1 Å². The molecular weight excluding hydrogens is 617 g/mol. The fourth-order valence-corrected chi connectivity index (χ4v) is 7.70. The molecule has 4 aromatic carbocycles. The Labute approximate surface area is 291 Å². The molecule has 0 saturated carbocycles. The molecule has 4 aromatic heterocycles. The van der Waals surface area contributed by atoms with Crippen molar-refractivity contribution in [3.63, 3.8) is 0 Å². The molecule has 5 heterocycles. The molecule has 8 aromatic rings. The summed E-state index contributed by atoms with van der Waals surface area (Å²) < 4.78 is 13.3. The van der Waals surface area contributed by atoms with E-state index in [0.29, 0.717) is 0 Å². The van der Waals surface area contributed by atoms with Crippen molar-refractivity contribution in [2.24, 2.45) is 0 Å².